The second-order valence-electron chi connectivity index (χ2n) is 4.25. The first-order chi connectivity index (χ1) is 9.75. The molecule has 98 valence electrons. The average molecular weight is 264 g/mol. The number of pyridine rings is 1. The predicted molar refractivity (Wildman–Crippen MR) is 75.3 cm³/mol. The van der Waals surface area contributed by atoms with Crippen molar-refractivity contribution in [3.8, 4) is 16.9 Å². The molecule has 0 bridgehead atoms. The van der Waals surface area contributed by atoms with Crippen LogP contribution in [-0.2, 0) is 0 Å². The Hall–Kier alpha value is -2.95. The van der Waals surface area contributed by atoms with Crippen LogP contribution in [0.25, 0.3) is 16.9 Å². The summed E-state index contributed by atoms with van der Waals surface area (Å²) in [7, 11) is 0. The Kier molecular flexibility index (Phi) is 3.01. The Bertz CT molecular complexity index is 735. The van der Waals surface area contributed by atoms with Crippen molar-refractivity contribution in [2.45, 2.75) is 0 Å². The smallest absolute Gasteiger partial charge is 0.269 e. The van der Waals surface area contributed by atoms with E-state index in [1.54, 1.807) is 17.1 Å². The van der Waals surface area contributed by atoms with Crippen molar-refractivity contribution in [1.82, 2.24) is 14.8 Å². The highest BCUT2D eigenvalue weighted by Gasteiger charge is 2.16. The maximum absolute atomic E-state index is 11.6. The fourth-order valence-electron chi connectivity index (χ4n) is 1.98. The normalized spacial score (nSPS) is 10.4. The molecule has 5 nitrogen and oxygen atoms in total. The van der Waals surface area contributed by atoms with E-state index in [0.29, 0.717) is 11.3 Å². The Morgan fingerprint density at radius 2 is 1.80 bits per heavy atom. The molecule has 3 aromatic rings. The molecule has 0 aliphatic carbocycles. The monoisotopic (exact) mass is 264 g/mol. The summed E-state index contributed by atoms with van der Waals surface area (Å²) in [6.07, 6.45) is 3.43. The van der Waals surface area contributed by atoms with E-state index in [9.17, 15) is 4.79 Å². The van der Waals surface area contributed by atoms with Gasteiger partial charge in [0, 0.05) is 12.4 Å². The highest BCUT2D eigenvalue weighted by molar-refractivity contribution is 5.97. The van der Waals surface area contributed by atoms with Crippen LogP contribution in [0.1, 0.15) is 10.5 Å². The number of nitrogens with two attached hydrogens (primary N) is 1. The number of primary amides is 1. The molecule has 0 atom stereocenters. The lowest BCUT2D eigenvalue weighted by molar-refractivity contribution is 0.0996. The van der Waals surface area contributed by atoms with Crippen LogP contribution in [0.3, 0.4) is 0 Å². The maximum Gasteiger partial charge on any atom is 0.269 e. The van der Waals surface area contributed by atoms with Gasteiger partial charge in [0.2, 0.25) is 0 Å². The summed E-state index contributed by atoms with van der Waals surface area (Å²) in [6.45, 7) is 0. The molecule has 0 radical (unpaired) electrons. The number of carbonyl (C=O) groups is 1. The summed E-state index contributed by atoms with van der Waals surface area (Å²) in [5, 5.41) is 4.26. The fourth-order valence-corrected chi connectivity index (χ4v) is 1.98. The van der Waals surface area contributed by atoms with Crippen LogP contribution < -0.4 is 5.73 Å². The SMILES string of the molecule is NC(=O)c1nn(-c2ccccc2)cc1-c1ccccn1. The third-order valence-corrected chi connectivity index (χ3v) is 2.91. The molecular weight excluding hydrogens is 252 g/mol. The van der Waals surface area contributed by atoms with Gasteiger partial charge in [-0.1, -0.05) is 24.3 Å². The first kappa shape index (κ1) is 12.1. The van der Waals surface area contributed by atoms with E-state index in [1.165, 1.54) is 0 Å². The Morgan fingerprint density at radius 1 is 1.05 bits per heavy atom. The van der Waals surface area contributed by atoms with E-state index >= 15 is 0 Å². The molecule has 0 saturated carbocycles. The van der Waals surface area contributed by atoms with Crippen LogP contribution in [-0.4, -0.2) is 20.7 Å². The lowest BCUT2D eigenvalue weighted by Gasteiger charge is -1.98. The number of benzene rings is 1. The molecule has 0 unspecified atom stereocenters. The molecule has 2 heterocycles. The van der Waals surface area contributed by atoms with Crippen LogP contribution in [0, 0.1) is 0 Å². The van der Waals surface area contributed by atoms with Gasteiger partial charge in [-0.25, -0.2) is 4.68 Å². The number of para-hydroxylation sites is 1. The molecule has 2 N–H and O–H groups in total. The van der Waals surface area contributed by atoms with Gasteiger partial charge in [-0.2, -0.15) is 5.10 Å². The Balaban J connectivity index is 2.15. The molecule has 3 rings (SSSR count). The van der Waals surface area contributed by atoms with Crippen molar-refractivity contribution in [2.75, 3.05) is 0 Å². The number of rotatable bonds is 3. The van der Waals surface area contributed by atoms with Crippen LogP contribution in [0.2, 0.25) is 0 Å². The van der Waals surface area contributed by atoms with Crippen molar-refractivity contribution in [1.29, 1.82) is 0 Å². The zero-order chi connectivity index (χ0) is 13.9. The molecule has 0 aliphatic heterocycles. The lowest BCUT2D eigenvalue weighted by Crippen LogP contribution is -2.13. The minimum absolute atomic E-state index is 0.215. The van der Waals surface area contributed by atoms with Crippen LogP contribution >= 0.6 is 0 Å². The quantitative estimate of drug-likeness (QED) is 0.786. The van der Waals surface area contributed by atoms with Gasteiger partial charge in [0.15, 0.2) is 5.69 Å². The third-order valence-electron chi connectivity index (χ3n) is 2.91. The standard InChI is InChI=1S/C15H12N4O/c16-15(20)14-12(13-8-4-5-9-17-13)10-19(18-14)11-6-2-1-3-7-11/h1-10H,(H2,16,20). The minimum atomic E-state index is -0.569. The van der Waals surface area contributed by atoms with Gasteiger partial charge < -0.3 is 5.73 Å². The molecule has 0 aliphatic rings. The number of aromatic nitrogens is 3. The summed E-state index contributed by atoms with van der Waals surface area (Å²) in [4.78, 5) is 15.8. The van der Waals surface area contributed by atoms with Crippen LogP contribution in [0.15, 0.2) is 60.9 Å². The molecule has 5 heteroatoms. The van der Waals surface area contributed by atoms with Gasteiger partial charge >= 0.3 is 0 Å². The van der Waals surface area contributed by atoms with E-state index in [2.05, 4.69) is 10.1 Å². The molecular formula is C15H12N4O. The number of carbonyl (C=O) groups excluding carboxylic acids is 1. The first-order valence-corrected chi connectivity index (χ1v) is 6.12. The van der Waals surface area contributed by atoms with Crippen LogP contribution in [0.5, 0.6) is 0 Å². The van der Waals surface area contributed by atoms with Gasteiger partial charge in [0.25, 0.3) is 5.91 Å². The molecule has 2 aromatic heterocycles. The maximum atomic E-state index is 11.6. The minimum Gasteiger partial charge on any atom is -0.364 e. The largest absolute Gasteiger partial charge is 0.364 e. The van der Waals surface area contributed by atoms with E-state index in [1.807, 2.05) is 48.5 Å². The summed E-state index contributed by atoms with van der Waals surface area (Å²) in [6, 6.07) is 15.0. The summed E-state index contributed by atoms with van der Waals surface area (Å²) in [5.41, 5.74) is 7.77. The van der Waals surface area contributed by atoms with E-state index < -0.39 is 5.91 Å². The van der Waals surface area contributed by atoms with Crippen molar-refractivity contribution >= 4 is 5.91 Å². The molecule has 1 amide bonds. The summed E-state index contributed by atoms with van der Waals surface area (Å²) >= 11 is 0. The zero-order valence-electron chi connectivity index (χ0n) is 10.6. The first-order valence-electron chi connectivity index (χ1n) is 6.12. The zero-order valence-corrected chi connectivity index (χ0v) is 10.6. The van der Waals surface area contributed by atoms with Crippen molar-refractivity contribution in [2.24, 2.45) is 5.73 Å². The van der Waals surface area contributed by atoms with E-state index in [-0.39, 0.29) is 5.69 Å². The average Bonchev–Trinajstić information content (AvgIpc) is 2.94. The number of hydrogen-bond acceptors (Lipinski definition) is 3. The number of nitrogens with zero attached hydrogens (tertiary/aromatic N) is 3. The van der Waals surface area contributed by atoms with Crippen molar-refractivity contribution in [3.05, 3.63) is 66.6 Å². The predicted octanol–water partition coefficient (Wildman–Crippen LogP) is 2.03. The highest BCUT2D eigenvalue weighted by Crippen LogP contribution is 2.22. The molecule has 0 saturated heterocycles. The highest BCUT2D eigenvalue weighted by atomic mass is 16.1. The van der Waals surface area contributed by atoms with Gasteiger partial charge in [0.1, 0.15) is 0 Å². The number of hydrogen-bond donors (Lipinski definition) is 1. The fraction of sp³-hybridized carbons (Fsp3) is 0. The third kappa shape index (κ3) is 2.16. The van der Waals surface area contributed by atoms with Crippen LogP contribution in [0.4, 0.5) is 0 Å². The second-order valence-corrected chi connectivity index (χ2v) is 4.25. The molecule has 20 heavy (non-hydrogen) atoms. The number of amides is 1. The molecule has 0 fully saturated rings. The van der Waals surface area contributed by atoms with Gasteiger partial charge in [-0.3, -0.25) is 9.78 Å². The lowest BCUT2D eigenvalue weighted by atomic mass is 10.1. The summed E-state index contributed by atoms with van der Waals surface area (Å²) < 4.78 is 1.63. The molecule has 1 aromatic carbocycles. The van der Waals surface area contributed by atoms with Gasteiger partial charge in [-0.15, -0.1) is 0 Å². The Labute approximate surface area is 115 Å². The van der Waals surface area contributed by atoms with Crippen molar-refractivity contribution in [3.63, 3.8) is 0 Å². The van der Waals surface area contributed by atoms with Gasteiger partial charge in [0.05, 0.1) is 16.9 Å². The van der Waals surface area contributed by atoms with E-state index in [0.717, 1.165) is 5.69 Å². The summed E-state index contributed by atoms with van der Waals surface area (Å²) in [5.74, 6) is -0.569. The Morgan fingerprint density at radius 3 is 2.45 bits per heavy atom. The van der Waals surface area contributed by atoms with Gasteiger partial charge in [-0.05, 0) is 24.3 Å². The molecule has 0 spiro atoms. The van der Waals surface area contributed by atoms with Crippen molar-refractivity contribution < 1.29 is 4.79 Å². The topological polar surface area (TPSA) is 73.8 Å². The van der Waals surface area contributed by atoms with E-state index in [4.69, 9.17) is 5.73 Å². The second kappa shape index (κ2) is 4.97.